The Morgan fingerprint density at radius 3 is 2.20 bits per heavy atom. The van der Waals surface area contributed by atoms with E-state index in [4.69, 9.17) is 4.43 Å². The van der Waals surface area contributed by atoms with Crippen LogP contribution in [0.3, 0.4) is 0 Å². The number of ketones is 1. The molecule has 0 radical (unpaired) electrons. The van der Waals surface area contributed by atoms with Crippen LogP contribution in [0.15, 0.2) is 12.2 Å². The van der Waals surface area contributed by atoms with Crippen molar-refractivity contribution in [1.82, 2.24) is 0 Å². The van der Waals surface area contributed by atoms with E-state index in [-0.39, 0.29) is 29.0 Å². The van der Waals surface area contributed by atoms with Crippen molar-refractivity contribution in [3.8, 4) is 0 Å². The van der Waals surface area contributed by atoms with Gasteiger partial charge in [0, 0.05) is 18.8 Å². The molecule has 0 saturated heterocycles. The zero-order valence-electron chi connectivity index (χ0n) is 18.2. The summed E-state index contributed by atoms with van der Waals surface area (Å²) in [5.41, 5.74) is -4.44. The number of rotatable bonds is 6. The first-order valence-corrected chi connectivity index (χ1v) is 13.9. The molecule has 9 heteroatoms. The highest BCUT2D eigenvalue weighted by atomic mass is 28.4. The summed E-state index contributed by atoms with van der Waals surface area (Å²) < 4.78 is 86.7. The molecule has 0 aliphatic heterocycles. The molecule has 0 aromatic heterocycles. The maximum atomic E-state index is 13.7. The van der Waals surface area contributed by atoms with Crippen LogP contribution in [-0.2, 0) is 9.22 Å². The van der Waals surface area contributed by atoms with Gasteiger partial charge in [0.1, 0.15) is 5.78 Å². The molecule has 4 atom stereocenters. The second-order valence-electron chi connectivity index (χ2n) is 10.1. The third kappa shape index (κ3) is 4.81. The molecule has 0 aromatic rings. The molecule has 174 valence electrons. The molecule has 2 aliphatic carbocycles. The topological polar surface area (TPSA) is 26.3 Å². The SMILES string of the molecule is CC(C=CCC(O[Si](C)(C)C)(C(F)(F)F)C(F)(F)F)[C@H]1CC[C@H]2C(=O)CCC[C@]12C. The van der Waals surface area contributed by atoms with Gasteiger partial charge in [0.25, 0.3) is 5.60 Å². The zero-order valence-corrected chi connectivity index (χ0v) is 19.2. The average molecular weight is 459 g/mol. The highest BCUT2D eigenvalue weighted by Gasteiger charge is 2.72. The summed E-state index contributed by atoms with van der Waals surface area (Å²) in [5.74, 6) is 0.0231. The Balaban J connectivity index is 2.25. The van der Waals surface area contributed by atoms with E-state index in [0.29, 0.717) is 6.42 Å². The van der Waals surface area contributed by atoms with Gasteiger partial charge in [0.15, 0.2) is 8.32 Å². The van der Waals surface area contributed by atoms with Crippen LogP contribution < -0.4 is 0 Å². The van der Waals surface area contributed by atoms with Crippen LogP contribution in [0.25, 0.3) is 0 Å². The Hall–Kier alpha value is -0.833. The Bertz CT molecular complexity index is 650. The number of allylic oxidation sites excluding steroid dienone is 1. The third-order valence-corrected chi connectivity index (χ3v) is 7.77. The van der Waals surface area contributed by atoms with Crippen molar-refractivity contribution in [1.29, 1.82) is 0 Å². The van der Waals surface area contributed by atoms with E-state index in [1.165, 1.54) is 25.7 Å². The van der Waals surface area contributed by atoms with E-state index in [1.807, 2.05) is 13.8 Å². The number of hydrogen-bond acceptors (Lipinski definition) is 2. The minimum atomic E-state index is -5.58. The minimum absolute atomic E-state index is 0.0493. The highest BCUT2D eigenvalue weighted by Crippen LogP contribution is 2.57. The predicted octanol–water partition coefficient (Wildman–Crippen LogP) is 7.07. The average Bonchev–Trinajstić information content (AvgIpc) is 2.89. The van der Waals surface area contributed by atoms with Crippen molar-refractivity contribution in [2.24, 2.45) is 23.2 Å². The molecule has 2 fully saturated rings. The minimum Gasteiger partial charge on any atom is -0.397 e. The van der Waals surface area contributed by atoms with Gasteiger partial charge in [-0.3, -0.25) is 4.79 Å². The van der Waals surface area contributed by atoms with E-state index in [1.54, 1.807) is 0 Å². The van der Waals surface area contributed by atoms with Crippen LogP contribution in [0.2, 0.25) is 19.6 Å². The van der Waals surface area contributed by atoms with Gasteiger partial charge in [-0.1, -0.05) is 26.0 Å². The Labute approximate surface area is 175 Å². The highest BCUT2D eigenvalue weighted by molar-refractivity contribution is 6.69. The second-order valence-corrected chi connectivity index (χ2v) is 14.5. The van der Waals surface area contributed by atoms with Crippen molar-refractivity contribution in [3.05, 3.63) is 12.2 Å². The van der Waals surface area contributed by atoms with Crippen molar-refractivity contribution in [3.63, 3.8) is 0 Å². The maximum Gasteiger partial charge on any atom is 0.425 e. The summed E-state index contributed by atoms with van der Waals surface area (Å²) in [6.07, 6.45) is -6.33. The molecule has 30 heavy (non-hydrogen) atoms. The first kappa shape index (κ1) is 25.4. The molecule has 2 aliphatic rings. The molecule has 2 rings (SSSR count). The lowest BCUT2D eigenvalue weighted by molar-refractivity contribution is -0.359. The lowest BCUT2D eigenvalue weighted by atomic mass is 9.62. The monoisotopic (exact) mass is 458 g/mol. The van der Waals surface area contributed by atoms with Gasteiger partial charge in [-0.25, -0.2) is 0 Å². The fourth-order valence-corrected chi connectivity index (χ4v) is 6.85. The van der Waals surface area contributed by atoms with Crippen molar-refractivity contribution >= 4 is 14.1 Å². The quantitative estimate of drug-likeness (QED) is 0.242. The number of halogens is 6. The van der Waals surface area contributed by atoms with Crippen molar-refractivity contribution in [2.45, 2.75) is 90.0 Å². The summed E-state index contributed by atoms with van der Waals surface area (Å²) in [5, 5.41) is 0. The van der Waals surface area contributed by atoms with Crippen LogP contribution in [-0.4, -0.2) is 32.1 Å². The molecular formula is C21H32F6O2Si. The predicted molar refractivity (Wildman–Crippen MR) is 105 cm³/mol. The Kier molecular flexibility index (Phi) is 7.00. The first-order valence-electron chi connectivity index (χ1n) is 10.5. The fourth-order valence-electron chi connectivity index (χ4n) is 5.49. The maximum absolute atomic E-state index is 13.7. The van der Waals surface area contributed by atoms with Crippen LogP contribution in [0.1, 0.15) is 52.4 Å². The molecule has 1 unspecified atom stereocenters. The van der Waals surface area contributed by atoms with E-state index in [9.17, 15) is 31.1 Å². The smallest absolute Gasteiger partial charge is 0.397 e. The van der Waals surface area contributed by atoms with Gasteiger partial charge in [0.2, 0.25) is 0 Å². The first-order chi connectivity index (χ1) is 13.4. The molecule has 0 N–H and O–H groups in total. The number of carbonyl (C=O) groups excluding carboxylic acids is 1. The van der Waals surface area contributed by atoms with Crippen molar-refractivity contribution < 1.29 is 35.6 Å². The molecule has 0 bridgehead atoms. The number of carbonyl (C=O) groups is 1. The zero-order chi connectivity index (χ0) is 23.2. The summed E-state index contributed by atoms with van der Waals surface area (Å²) >= 11 is 0. The van der Waals surface area contributed by atoms with Gasteiger partial charge >= 0.3 is 12.4 Å². The number of alkyl halides is 6. The van der Waals surface area contributed by atoms with Crippen LogP contribution >= 0.6 is 0 Å². The number of Topliss-reactive ketones (excluding diaryl/α,β-unsaturated/α-hetero) is 1. The lowest BCUT2D eigenvalue weighted by Crippen LogP contribution is -2.62. The van der Waals surface area contributed by atoms with Gasteiger partial charge in [0.05, 0.1) is 0 Å². The van der Waals surface area contributed by atoms with E-state index >= 15 is 0 Å². The van der Waals surface area contributed by atoms with E-state index in [2.05, 4.69) is 0 Å². The second kappa shape index (κ2) is 8.26. The molecule has 2 nitrogen and oxygen atoms in total. The molecule has 0 aromatic carbocycles. The van der Waals surface area contributed by atoms with Gasteiger partial charge < -0.3 is 4.43 Å². The fraction of sp³-hybridized carbons (Fsp3) is 0.857. The molecule has 0 spiro atoms. The standard InChI is InChI=1S/C21H32F6O2Si/c1-14(15-10-11-16-17(28)9-7-12-18(15,16)2)8-6-13-19(20(22,23)24,21(25,26)27)29-30(3,4)5/h6,8,14-16H,7,9-13H2,1-5H3/t14?,15-,16+,18-/m1/s1. The summed E-state index contributed by atoms with van der Waals surface area (Å²) in [7, 11) is -3.17. The largest absolute Gasteiger partial charge is 0.425 e. The Morgan fingerprint density at radius 2 is 1.70 bits per heavy atom. The third-order valence-electron chi connectivity index (χ3n) is 6.81. The molecular weight excluding hydrogens is 426 g/mol. The van der Waals surface area contributed by atoms with Crippen LogP contribution in [0.4, 0.5) is 26.3 Å². The van der Waals surface area contributed by atoms with E-state index < -0.39 is 32.7 Å². The normalized spacial score (nSPS) is 30.0. The van der Waals surface area contributed by atoms with Crippen LogP contribution in [0, 0.1) is 23.2 Å². The van der Waals surface area contributed by atoms with E-state index in [0.717, 1.165) is 31.8 Å². The molecule has 2 saturated carbocycles. The van der Waals surface area contributed by atoms with Crippen LogP contribution in [0.5, 0.6) is 0 Å². The van der Waals surface area contributed by atoms with Gasteiger partial charge in [-0.05, 0) is 62.6 Å². The molecule has 0 heterocycles. The number of hydrogen-bond donors (Lipinski definition) is 0. The lowest BCUT2D eigenvalue weighted by Gasteiger charge is -2.42. The number of fused-ring (bicyclic) bond motifs is 1. The summed E-state index contributed by atoms with van der Waals surface area (Å²) in [6, 6.07) is 0. The summed E-state index contributed by atoms with van der Waals surface area (Å²) in [4.78, 5) is 12.3. The van der Waals surface area contributed by atoms with Crippen molar-refractivity contribution in [2.75, 3.05) is 0 Å². The Morgan fingerprint density at radius 1 is 1.13 bits per heavy atom. The molecule has 0 amide bonds. The van der Waals surface area contributed by atoms with Gasteiger partial charge in [-0.2, -0.15) is 26.3 Å². The summed E-state index contributed by atoms with van der Waals surface area (Å²) in [6.45, 7) is 7.79. The van der Waals surface area contributed by atoms with Gasteiger partial charge in [-0.15, -0.1) is 0 Å².